The van der Waals surface area contributed by atoms with E-state index in [1.54, 1.807) is 18.7 Å². The van der Waals surface area contributed by atoms with E-state index in [1.807, 2.05) is 0 Å². The zero-order valence-corrected chi connectivity index (χ0v) is 8.77. The average molecular weight is 213 g/mol. The summed E-state index contributed by atoms with van der Waals surface area (Å²) >= 11 is 0. The molecule has 15 heavy (non-hydrogen) atoms. The van der Waals surface area contributed by atoms with Gasteiger partial charge in [0.2, 0.25) is 0 Å². The second-order valence-corrected chi connectivity index (χ2v) is 3.31. The zero-order valence-electron chi connectivity index (χ0n) is 8.77. The van der Waals surface area contributed by atoms with Gasteiger partial charge in [-0.1, -0.05) is 0 Å². The molecule has 6 heteroatoms. The number of hydrogen-bond acceptors (Lipinski definition) is 4. The smallest absolute Gasteiger partial charge is 0.254 e. The number of nitrogens with one attached hydrogen (secondary N) is 1. The van der Waals surface area contributed by atoms with Crippen molar-refractivity contribution in [3.8, 4) is 0 Å². The molecule has 0 saturated heterocycles. The van der Waals surface area contributed by atoms with Gasteiger partial charge in [-0.25, -0.2) is 0 Å². The SMILES string of the molecule is Cc1c(C(=O)NCC(O)CO)cnn1C. The zero-order chi connectivity index (χ0) is 11.4. The second kappa shape index (κ2) is 4.90. The Hall–Kier alpha value is -1.40. The van der Waals surface area contributed by atoms with Crippen LogP contribution in [0.4, 0.5) is 0 Å². The maximum absolute atomic E-state index is 11.5. The lowest BCUT2D eigenvalue weighted by atomic mass is 10.2. The molecule has 1 rings (SSSR count). The van der Waals surface area contributed by atoms with E-state index in [-0.39, 0.29) is 19.1 Å². The number of aliphatic hydroxyl groups is 2. The van der Waals surface area contributed by atoms with Gasteiger partial charge in [-0.3, -0.25) is 9.48 Å². The van der Waals surface area contributed by atoms with Gasteiger partial charge >= 0.3 is 0 Å². The standard InChI is InChI=1S/C9H15N3O3/c1-6-8(4-11-12(6)2)9(15)10-3-7(14)5-13/h4,7,13-14H,3,5H2,1-2H3,(H,10,15). The predicted molar refractivity (Wildman–Crippen MR) is 53.4 cm³/mol. The van der Waals surface area contributed by atoms with Crippen molar-refractivity contribution in [3.05, 3.63) is 17.5 Å². The molecule has 84 valence electrons. The molecule has 0 spiro atoms. The van der Waals surface area contributed by atoms with Crippen LogP contribution in [0.15, 0.2) is 6.20 Å². The van der Waals surface area contributed by atoms with Gasteiger partial charge in [0, 0.05) is 19.3 Å². The maximum atomic E-state index is 11.5. The Morgan fingerprint density at radius 3 is 2.87 bits per heavy atom. The number of hydrogen-bond donors (Lipinski definition) is 3. The Morgan fingerprint density at radius 1 is 1.73 bits per heavy atom. The van der Waals surface area contributed by atoms with Crippen molar-refractivity contribution in [2.45, 2.75) is 13.0 Å². The van der Waals surface area contributed by atoms with Crippen molar-refractivity contribution >= 4 is 5.91 Å². The van der Waals surface area contributed by atoms with Crippen molar-refractivity contribution in [1.82, 2.24) is 15.1 Å². The van der Waals surface area contributed by atoms with Gasteiger partial charge in [0.15, 0.2) is 0 Å². The first kappa shape index (κ1) is 11.7. The highest BCUT2D eigenvalue weighted by Crippen LogP contribution is 2.04. The van der Waals surface area contributed by atoms with Crippen LogP contribution in [0.25, 0.3) is 0 Å². The maximum Gasteiger partial charge on any atom is 0.254 e. The predicted octanol–water partition coefficient (Wildman–Crippen LogP) is -1.19. The van der Waals surface area contributed by atoms with Gasteiger partial charge in [0.05, 0.1) is 24.5 Å². The van der Waals surface area contributed by atoms with Crippen LogP contribution >= 0.6 is 0 Å². The lowest BCUT2D eigenvalue weighted by Gasteiger charge is -2.08. The van der Waals surface area contributed by atoms with Crippen LogP contribution in [0.1, 0.15) is 16.1 Å². The van der Waals surface area contributed by atoms with Crippen molar-refractivity contribution in [3.63, 3.8) is 0 Å². The summed E-state index contributed by atoms with van der Waals surface area (Å²) < 4.78 is 1.59. The Balaban J connectivity index is 2.58. The quantitative estimate of drug-likeness (QED) is 0.587. The molecule has 1 heterocycles. The topological polar surface area (TPSA) is 87.4 Å². The molecule has 0 aromatic carbocycles. The third-order valence-electron chi connectivity index (χ3n) is 2.19. The van der Waals surface area contributed by atoms with E-state index in [9.17, 15) is 4.79 Å². The van der Waals surface area contributed by atoms with Crippen LogP contribution < -0.4 is 5.32 Å². The lowest BCUT2D eigenvalue weighted by Crippen LogP contribution is -2.34. The third-order valence-corrected chi connectivity index (χ3v) is 2.19. The number of carbonyl (C=O) groups excluding carboxylic acids is 1. The summed E-state index contributed by atoms with van der Waals surface area (Å²) in [5.74, 6) is -0.298. The Morgan fingerprint density at radius 2 is 2.40 bits per heavy atom. The normalized spacial score (nSPS) is 12.5. The molecule has 1 aromatic rings. The van der Waals surface area contributed by atoms with Crippen molar-refractivity contribution in [1.29, 1.82) is 0 Å². The highest BCUT2D eigenvalue weighted by Gasteiger charge is 2.13. The first-order valence-electron chi connectivity index (χ1n) is 4.62. The largest absolute Gasteiger partial charge is 0.394 e. The minimum Gasteiger partial charge on any atom is -0.394 e. The molecule has 1 atom stereocenters. The van der Waals surface area contributed by atoms with Gasteiger partial charge in [0.25, 0.3) is 5.91 Å². The van der Waals surface area contributed by atoms with E-state index >= 15 is 0 Å². The van der Waals surface area contributed by atoms with Crippen molar-refractivity contribution in [2.75, 3.05) is 13.2 Å². The third kappa shape index (κ3) is 2.77. The Kier molecular flexibility index (Phi) is 3.81. The molecule has 0 aliphatic rings. The molecule has 0 aliphatic heterocycles. The number of nitrogens with zero attached hydrogens (tertiary/aromatic N) is 2. The van der Waals surface area contributed by atoms with E-state index in [4.69, 9.17) is 10.2 Å². The van der Waals surface area contributed by atoms with Crippen molar-refractivity contribution < 1.29 is 15.0 Å². The second-order valence-electron chi connectivity index (χ2n) is 3.31. The van der Waals surface area contributed by atoms with E-state index in [0.717, 1.165) is 5.69 Å². The lowest BCUT2D eigenvalue weighted by molar-refractivity contribution is 0.0801. The first-order chi connectivity index (χ1) is 7.06. The highest BCUT2D eigenvalue weighted by molar-refractivity contribution is 5.95. The summed E-state index contributed by atoms with van der Waals surface area (Å²) in [5, 5.41) is 24.0. The Labute approximate surface area is 87.5 Å². The molecule has 1 amide bonds. The molecule has 0 radical (unpaired) electrons. The minimum atomic E-state index is -0.925. The summed E-state index contributed by atoms with van der Waals surface area (Å²) in [4.78, 5) is 11.5. The number of carbonyl (C=O) groups is 1. The van der Waals surface area contributed by atoms with E-state index in [1.165, 1.54) is 6.20 Å². The summed E-state index contributed by atoms with van der Waals surface area (Å²) in [6.45, 7) is 1.44. The monoisotopic (exact) mass is 213 g/mol. The first-order valence-corrected chi connectivity index (χ1v) is 4.62. The molecular formula is C9H15N3O3. The molecule has 1 aromatic heterocycles. The van der Waals surface area contributed by atoms with Crippen LogP contribution in [-0.4, -0.2) is 45.2 Å². The molecular weight excluding hydrogens is 198 g/mol. The molecule has 3 N–H and O–H groups in total. The van der Waals surface area contributed by atoms with Gasteiger partial charge in [-0.05, 0) is 6.92 Å². The number of aromatic nitrogens is 2. The van der Waals surface area contributed by atoms with Crippen LogP contribution in [0.3, 0.4) is 0 Å². The van der Waals surface area contributed by atoms with E-state index in [2.05, 4.69) is 10.4 Å². The highest BCUT2D eigenvalue weighted by atomic mass is 16.3. The average Bonchev–Trinajstić information content (AvgIpc) is 2.56. The van der Waals surface area contributed by atoms with Gasteiger partial charge in [-0.2, -0.15) is 5.10 Å². The summed E-state index contributed by atoms with van der Waals surface area (Å²) in [7, 11) is 1.74. The van der Waals surface area contributed by atoms with Crippen molar-refractivity contribution in [2.24, 2.45) is 7.05 Å². The molecule has 1 unspecified atom stereocenters. The van der Waals surface area contributed by atoms with Crippen LogP contribution in [0.2, 0.25) is 0 Å². The van der Waals surface area contributed by atoms with E-state index < -0.39 is 6.10 Å². The molecule has 6 nitrogen and oxygen atoms in total. The van der Waals surface area contributed by atoms with Gasteiger partial charge < -0.3 is 15.5 Å². The fourth-order valence-corrected chi connectivity index (χ4v) is 1.09. The number of rotatable bonds is 4. The van der Waals surface area contributed by atoms with Crippen LogP contribution in [0.5, 0.6) is 0 Å². The van der Waals surface area contributed by atoms with E-state index in [0.29, 0.717) is 5.56 Å². The Bertz CT molecular complexity index is 348. The van der Waals surface area contributed by atoms with Crippen LogP contribution in [-0.2, 0) is 7.05 Å². The molecule has 0 fully saturated rings. The molecule has 0 bridgehead atoms. The van der Waals surface area contributed by atoms with Crippen LogP contribution in [0, 0.1) is 6.92 Å². The number of aryl methyl sites for hydroxylation is 1. The van der Waals surface area contributed by atoms with Gasteiger partial charge in [-0.15, -0.1) is 0 Å². The fourth-order valence-electron chi connectivity index (χ4n) is 1.09. The number of amides is 1. The number of aliphatic hydroxyl groups excluding tert-OH is 2. The summed E-state index contributed by atoms with van der Waals surface area (Å²) in [6.07, 6.45) is 0.543. The molecule has 0 aliphatic carbocycles. The molecule has 0 saturated carbocycles. The van der Waals surface area contributed by atoms with Gasteiger partial charge in [0.1, 0.15) is 0 Å². The summed E-state index contributed by atoms with van der Waals surface area (Å²) in [6, 6.07) is 0. The fraction of sp³-hybridized carbons (Fsp3) is 0.556. The minimum absolute atomic E-state index is 0.0314. The summed E-state index contributed by atoms with van der Waals surface area (Å²) in [5.41, 5.74) is 1.23.